The predicted molar refractivity (Wildman–Crippen MR) is 49.3 cm³/mol. The fourth-order valence-electron chi connectivity index (χ4n) is 0.645. The van der Waals surface area contributed by atoms with Gasteiger partial charge in [0.15, 0.2) is 0 Å². The van der Waals surface area contributed by atoms with Crippen LogP contribution in [0.15, 0.2) is 12.3 Å². The molecule has 1 heterocycles. The van der Waals surface area contributed by atoms with E-state index in [-0.39, 0.29) is 11.2 Å². The number of hydrogen-bond acceptors (Lipinski definition) is 4. The predicted octanol–water partition coefficient (Wildman–Crippen LogP) is 0.416. The van der Waals surface area contributed by atoms with E-state index in [1.165, 1.54) is 12.3 Å². The third-order valence-corrected chi connectivity index (χ3v) is 1.47. The van der Waals surface area contributed by atoms with Crippen LogP contribution >= 0.6 is 11.6 Å². The molecular weight excluding hydrogens is 192 g/mol. The van der Waals surface area contributed by atoms with Gasteiger partial charge in [0.05, 0.1) is 6.04 Å². The SMILES string of the molecule is CC(N)C(=O)Nc1ccnc(Cl)n1. The molecule has 0 aliphatic heterocycles. The second-order valence-electron chi connectivity index (χ2n) is 2.49. The van der Waals surface area contributed by atoms with Crippen LogP contribution in [-0.4, -0.2) is 21.9 Å². The third-order valence-electron chi connectivity index (χ3n) is 1.29. The summed E-state index contributed by atoms with van der Waals surface area (Å²) in [5, 5.41) is 2.57. The summed E-state index contributed by atoms with van der Waals surface area (Å²) in [5.74, 6) is 0.0390. The second kappa shape index (κ2) is 4.15. The molecule has 0 aliphatic carbocycles. The van der Waals surface area contributed by atoms with Crippen molar-refractivity contribution in [1.29, 1.82) is 0 Å². The highest BCUT2D eigenvalue weighted by Crippen LogP contribution is 2.05. The lowest BCUT2D eigenvalue weighted by Crippen LogP contribution is -2.32. The topological polar surface area (TPSA) is 80.9 Å². The Morgan fingerprint density at radius 3 is 3.00 bits per heavy atom. The van der Waals surface area contributed by atoms with Crippen LogP contribution in [0.2, 0.25) is 5.28 Å². The van der Waals surface area contributed by atoms with E-state index in [0.29, 0.717) is 5.82 Å². The molecule has 70 valence electrons. The maximum absolute atomic E-state index is 11.1. The first kappa shape index (κ1) is 9.88. The summed E-state index contributed by atoms with van der Waals surface area (Å²) in [5.41, 5.74) is 5.33. The highest BCUT2D eigenvalue weighted by molar-refractivity contribution is 6.28. The van der Waals surface area contributed by atoms with Crippen molar-refractivity contribution >= 4 is 23.3 Å². The van der Waals surface area contributed by atoms with Crippen LogP contribution in [0.25, 0.3) is 0 Å². The van der Waals surface area contributed by atoms with Crippen LogP contribution in [0.1, 0.15) is 6.92 Å². The lowest BCUT2D eigenvalue weighted by Gasteiger charge is -2.05. The quantitative estimate of drug-likeness (QED) is 0.678. The minimum absolute atomic E-state index is 0.0856. The number of carbonyl (C=O) groups excluding carboxylic acids is 1. The van der Waals surface area contributed by atoms with Gasteiger partial charge in [0.2, 0.25) is 11.2 Å². The van der Waals surface area contributed by atoms with E-state index in [2.05, 4.69) is 15.3 Å². The van der Waals surface area contributed by atoms with Gasteiger partial charge in [-0.3, -0.25) is 4.79 Å². The molecule has 13 heavy (non-hydrogen) atoms. The van der Waals surface area contributed by atoms with Gasteiger partial charge < -0.3 is 11.1 Å². The summed E-state index contributed by atoms with van der Waals surface area (Å²) in [6.45, 7) is 1.58. The van der Waals surface area contributed by atoms with E-state index in [9.17, 15) is 4.79 Å². The van der Waals surface area contributed by atoms with E-state index >= 15 is 0 Å². The third kappa shape index (κ3) is 2.96. The standard InChI is InChI=1S/C7H9ClN4O/c1-4(9)6(13)11-5-2-3-10-7(8)12-5/h2-4H,9H2,1H3,(H,10,11,12,13). The molecule has 0 saturated carbocycles. The van der Waals surface area contributed by atoms with Gasteiger partial charge in [0.25, 0.3) is 0 Å². The van der Waals surface area contributed by atoms with E-state index < -0.39 is 6.04 Å². The molecule has 0 radical (unpaired) electrons. The first-order chi connectivity index (χ1) is 6.09. The molecule has 1 aromatic heterocycles. The lowest BCUT2D eigenvalue weighted by atomic mass is 10.3. The average Bonchev–Trinajstić information content (AvgIpc) is 2.04. The number of hydrogen-bond donors (Lipinski definition) is 2. The van der Waals surface area contributed by atoms with E-state index in [4.69, 9.17) is 17.3 Å². The minimum Gasteiger partial charge on any atom is -0.320 e. The van der Waals surface area contributed by atoms with E-state index in [1.54, 1.807) is 6.92 Å². The molecule has 0 aromatic carbocycles. The second-order valence-corrected chi connectivity index (χ2v) is 2.83. The lowest BCUT2D eigenvalue weighted by molar-refractivity contribution is -0.117. The number of rotatable bonds is 2. The molecule has 0 spiro atoms. The highest BCUT2D eigenvalue weighted by atomic mass is 35.5. The van der Waals surface area contributed by atoms with E-state index in [0.717, 1.165) is 0 Å². The van der Waals surface area contributed by atoms with Gasteiger partial charge >= 0.3 is 0 Å². The van der Waals surface area contributed by atoms with Gasteiger partial charge in [-0.25, -0.2) is 9.97 Å². The summed E-state index contributed by atoms with van der Waals surface area (Å²) >= 11 is 5.50. The summed E-state index contributed by atoms with van der Waals surface area (Å²) in [6.07, 6.45) is 1.45. The first-order valence-corrected chi connectivity index (χ1v) is 4.02. The zero-order valence-corrected chi connectivity index (χ0v) is 7.75. The van der Waals surface area contributed by atoms with Crippen LogP contribution in [0.4, 0.5) is 5.82 Å². The largest absolute Gasteiger partial charge is 0.320 e. The van der Waals surface area contributed by atoms with Gasteiger partial charge in [0, 0.05) is 6.20 Å². The van der Waals surface area contributed by atoms with Crippen LogP contribution < -0.4 is 11.1 Å². The van der Waals surface area contributed by atoms with Gasteiger partial charge in [-0.1, -0.05) is 0 Å². The number of nitrogens with two attached hydrogens (primary N) is 1. The van der Waals surface area contributed by atoms with Gasteiger partial charge in [-0.05, 0) is 24.6 Å². The number of anilines is 1. The van der Waals surface area contributed by atoms with Crippen molar-refractivity contribution in [3.05, 3.63) is 17.5 Å². The molecule has 0 fully saturated rings. The Morgan fingerprint density at radius 1 is 1.77 bits per heavy atom. The molecule has 0 saturated heterocycles. The van der Waals surface area contributed by atoms with Crippen molar-refractivity contribution in [1.82, 2.24) is 9.97 Å². The summed E-state index contributed by atoms with van der Waals surface area (Å²) in [7, 11) is 0. The van der Waals surface area contributed by atoms with Crippen LogP contribution in [0.5, 0.6) is 0 Å². The van der Waals surface area contributed by atoms with Gasteiger partial charge in [0.1, 0.15) is 5.82 Å². The van der Waals surface area contributed by atoms with Crippen LogP contribution in [0, 0.1) is 0 Å². The van der Waals surface area contributed by atoms with Gasteiger partial charge in [-0.2, -0.15) is 0 Å². The van der Waals surface area contributed by atoms with Crippen molar-refractivity contribution in [2.45, 2.75) is 13.0 Å². The molecule has 1 unspecified atom stereocenters. The molecular formula is C7H9ClN4O. The fraction of sp³-hybridized carbons (Fsp3) is 0.286. The average molecular weight is 201 g/mol. The molecule has 1 aromatic rings. The zero-order chi connectivity index (χ0) is 9.84. The normalized spacial score (nSPS) is 12.2. The van der Waals surface area contributed by atoms with E-state index in [1.807, 2.05) is 0 Å². The Balaban J connectivity index is 2.69. The molecule has 0 aliphatic rings. The maximum atomic E-state index is 11.1. The molecule has 6 heteroatoms. The van der Waals surface area contributed by atoms with Gasteiger partial charge in [-0.15, -0.1) is 0 Å². The molecule has 1 rings (SSSR count). The molecule has 5 nitrogen and oxygen atoms in total. The van der Waals surface area contributed by atoms with Crippen molar-refractivity contribution in [2.24, 2.45) is 5.73 Å². The number of amides is 1. The van der Waals surface area contributed by atoms with Crippen molar-refractivity contribution in [3.8, 4) is 0 Å². The van der Waals surface area contributed by atoms with Crippen LogP contribution in [0.3, 0.4) is 0 Å². The number of nitrogens with zero attached hydrogens (tertiary/aromatic N) is 2. The molecule has 3 N–H and O–H groups in total. The Morgan fingerprint density at radius 2 is 2.46 bits per heavy atom. The molecule has 1 atom stereocenters. The zero-order valence-electron chi connectivity index (χ0n) is 6.99. The number of aromatic nitrogens is 2. The van der Waals surface area contributed by atoms with Crippen LogP contribution in [-0.2, 0) is 4.79 Å². The number of halogens is 1. The molecule has 1 amide bonds. The summed E-state index contributed by atoms with van der Waals surface area (Å²) in [6, 6.07) is 0.959. The highest BCUT2D eigenvalue weighted by Gasteiger charge is 2.07. The first-order valence-electron chi connectivity index (χ1n) is 3.64. The Hall–Kier alpha value is -1.20. The smallest absolute Gasteiger partial charge is 0.242 e. The maximum Gasteiger partial charge on any atom is 0.242 e. The number of nitrogens with one attached hydrogen (secondary N) is 1. The number of carbonyl (C=O) groups is 1. The fourth-order valence-corrected chi connectivity index (χ4v) is 0.792. The Bertz CT molecular complexity index is 315. The monoisotopic (exact) mass is 200 g/mol. The van der Waals surface area contributed by atoms with Crippen molar-refractivity contribution in [3.63, 3.8) is 0 Å². The molecule has 0 bridgehead atoms. The minimum atomic E-state index is -0.575. The summed E-state index contributed by atoms with van der Waals surface area (Å²) in [4.78, 5) is 18.5. The van der Waals surface area contributed by atoms with Crippen molar-refractivity contribution in [2.75, 3.05) is 5.32 Å². The Labute approximate surface area is 80.3 Å². The summed E-state index contributed by atoms with van der Waals surface area (Å²) < 4.78 is 0. The van der Waals surface area contributed by atoms with Crippen molar-refractivity contribution < 1.29 is 4.79 Å². The Kier molecular flexibility index (Phi) is 3.16.